The van der Waals surface area contributed by atoms with E-state index in [4.69, 9.17) is 0 Å². The lowest BCUT2D eigenvalue weighted by atomic mass is 10.1. The van der Waals surface area contributed by atoms with Gasteiger partial charge in [0.25, 0.3) is 0 Å². The number of carbonyl (C=O) groups is 2. The number of halogens is 2. The fraction of sp³-hybridized carbons (Fsp3) is 0.385. The predicted molar refractivity (Wildman–Crippen MR) is 65.7 cm³/mol. The number of amides is 1. The molecule has 1 aromatic rings. The van der Waals surface area contributed by atoms with Gasteiger partial charge in [0.2, 0.25) is 5.91 Å². The van der Waals surface area contributed by atoms with Gasteiger partial charge < -0.3 is 5.32 Å². The molecule has 1 N–H and O–H groups in total. The van der Waals surface area contributed by atoms with Crippen molar-refractivity contribution in [1.82, 2.24) is 4.90 Å². The Morgan fingerprint density at radius 3 is 2.32 bits per heavy atom. The fourth-order valence-corrected chi connectivity index (χ4v) is 1.99. The minimum atomic E-state index is -0.737. The number of piperidine rings is 1. The van der Waals surface area contributed by atoms with Crippen LogP contribution in [0.4, 0.5) is 14.5 Å². The lowest BCUT2D eigenvalue weighted by molar-refractivity contribution is -0.124. The van der Waals surface area contributed by atoms with Crippen LogP contribution in [0.2, 0.25) is 0 Å². The molecule has 0 saturated carbocycles. The largest absolute Gasteiger partial charge is 0.325 e. The van der Waals surface area contributed by atoms with E-state index in [2.05, 4.69) is 5.32 Å². The summed E-state index contributed by atoms with van der Waals surface area (Å²) in [6.07, 6.45) is 0.893. The first-order valence-corrected chi connectivity index (χ1v) is 6.03. The number of anilines is 1. The Kier molecular flexibility index (Phi) is 4.21. The van der Waals surface area contributed by atoms with Crippen LogP contribution >= 0.6 is 0 Å². The second-order valence-corrected chi connectivity index (χ2v) is 4.52. The standard InChI is InChI=1S/C13H14F2N2O2/c14-9-5-10(15)7-11(6-9)16-13(19)8-17-3-1-12(18)2-4-17/h5-7H,1-4,8H2,(H,16,19). The SMILES string of the molecule is O=C1CCN(CC(=O)Nc2cc(F)cc(F)c2)CC1. The minimum Gasteiger partial charge on any atom is -0.325 e. The average molecular weight is 268 g/mol. The topological polar surface area (TPSA) is 49.4 Å². The van der Waals surface area contributed by atoms with Crippen molar-refractivity contribution in [3.8, 4) is 0 Å². The summed E-state index contributed by atoms with van der Waals surface area (Å²) < 4.78 is 25.9. The number of ketones is 1. The van der Waals surface area contributed by atoms with Gasteiger partial charge in [-0.05, 0) is 12.1 Å². The van der Waals surface area contributed by atoms with Crippen molar-refractivity contribution in [3.63, 3.8) is 0 Å². The smallest absolute Gasteiger partial charge is 0.238 e. The molecule has 0 unspecified atom stereocenters. The summed E-state index contributed by atoms with van der Waals surface area (Å²) in [6.45, 7) is 1.21. The van der Waals surface area contributed by atoms with Gasteiger partial charge in [-0.3, -0.25) is 14.5 Å². The molecule has 0 radical (unpaired) electrons. The van der Waals surface area contributed by atoms with Crippen LogP contribution < -0.4 is 5.32 Å². The molecule has 2 rings (SSSR count). The van der Waals surface area contributed by atoms with Crippen LogP contribution in [0.1, 0.15) is 12.8 Å². The molecule has 1 aliphatic rings. The third kappa shape index (κ3) is 4.10. The van der Waals surface area contributed by atoms with E-state index < -0.39 is 11.6 Å². The number of benzene rings is 1. The molecular weight excluding hydrogens is 254 g/mol. The summed E-state index contributed by atoms with van der Waals surface area (Å²) in [7, 11) is 0. The lowest BCUT2D eigenvalue weighted by Crippen LogP contribution is -2.39. The maximum absolute atomic E-state index is 12.9. The Labute approximate surface area is 109 Å². The third-order valence-corrected chi connectivity index (χ3v) is 2.93. The van der Waals surface area contributed by atoms with Gasteiger partial charge in [0.15, 0.2) is 0 Å². The molecule has 1 aromatic carbocycles. The Bertz CT molecular complexity index is 475. The molecule has 1 amide bonds. The molecule has 19 heavy (non-hydrogen) atoms. The zero-order valence-electron chi connectivity index (χ0n) is 10.3. The first-order chi connectivity index (χ1) is 9.02. The van der Waals surface area contributed by atoms with E-state index in [1.54, 1.807) is 0 Å². The van der Waals surface area contributed by atoms with Crippen LogP contribution in [0, 0.1) is 11.6 Å². The maximum atomic E-state index is 12.9. The maximum Gasteiger partial charge on any atom is 0.238 e. The Hall–Kier alpha value is -1.82. The first kappa shape index (κ1) is 13.6. The van der Waals surface area contributed by atoms with E-state index >= 15 is 0 Å². The van der Waals surface area contributed by atoms with Gasteiger partial charge in [-0.1, -0.05) is 0 Å². The Morgan fingerprint density at radius 1 is 1.16 bits per heavy atom. The highest BCUT2D eigenvalue weighted by Crippen LogP contribution is 2.13. The summed E-state index contributed by atoms with van der Waals surface area (Å²) in [6, 6.07) is 2.85. The monoisotopic (exact) mass is 268 g/mol. The molecule has 0 aliphatic carbocycles. The third-order valence-electron chi connectivity index (χ3n) is 2.93. The van der Waals surface area contributed by atoms with E-state index in [1.807, 2.05) is 4.90 Å². The van der Waals surface area contributed by atoms with Crippen molar-refractivity contribution in [1.29, 1.82) is 0 Å². The van der Waals surface area contributed by atoms with Gasteiger partial charge in [0, 0.05) is 37.7 Å². The number of likely N-dealkylation sites (tertiary alicyclic amines) is 1. The highest BCUT2D eigenvalue weighted by Gasteiger charge is 2.18. The van der Waals surface area contributed by atoms with E-state index in [1.165, 1.54) is 0 Å². The number of hydrogen-bond donors (Lipinski definition) is 1. The van der Waals surface area contributed by atoms with Gasteiger partial charge in [-0.2, -0.15) is 0 Å². The van der Waals surface area contributed by atoms with Crippen LogP contribution in [0.25, 0.3) is 0 Å². The number of Topliss-reactive ketones (excluding diaryl/α,β-unsaturated/α-hetero) is 1. The van der Waals surface area contributed by atoms with Crippen LogP contribution in [-0.4, -0.2) is 36.2 Å². The first-order valence-electron chi connectivity index (χ1n) is 6.03. The Morgan fingerprint density at radius 2 is 1.74 bits per heavy atom. The molecular formula is C13H14F2N2O2. The molecule has 0 atom stereocenters. The highest BCUT2D eigenvalue weighted by molar-refractivity contribution is 5.92. The van der Waals surface area contributed by atoms with Gasteiger partial charge in [0.1, 0.15) is 17.4 Å². The molecule has 0 spiro atoms. The van der Waals surface area contributed by atoms with Crippen LogP contribution in [0.5, 0.6) is 0 Å². The summed E-state index contributed by atoms with van der Waals surface area (Å²) in [5.74, 6) is -1.62. The van der Waals surface area contributed by atoms with Crippen molar-refractivity contribution < 1.29 is 18.4 Å². The van der Waals surface area contributed by atoms with Crippen molar-refractivity contribution in [2.24, 2.45) is 0 Å². The molecule has 1 fully saturated rings. The van der Waals surface area contributed by atoms with E-state index in [9.17, 15) is 18.4 Å². The normalized spacial score (nSPS) is 16.4. The van der Waals surface area contributed by atoms with Crippen LogP contribution in [0.3, 0.4) is 0 Å². The molecule has 102 valence electrons. The van der Waals surface area contributed by atoms with Crippen molar-refractivity contribution in [2.75, 3.05) is 25.0 Å². The molecule has 0 aromatic heterocycles. The average Bonchev–Trinajstić information content (AvgIpc) is 2.30. The van der Waals surface area contributed by atoms with Crippen molar-refractivity contribution in [2.45, 2.75) is 12.8 Å². The van der Waals surface area contributed by atoms with E-state index in [0.29, 0.717) is 25.9 Å². The number of carbonyl (C=O) groups excluding carboxylic acids is 2. The van der Waals surface area contributed by atoms with Gasteiger partial charge in [0.05, 0.1) is 6.54 Å². The number of rotatable bonds is 3. The summed E-state index contributed by atoms with van der Waals surface area (Å²) >= 11 is 0. The predicted octanol–water partition coefficient (Wildman–Crippen LogP) is 1.57. The molecule has 4 nitrogen and oxygen atoms in total. The van der Waals surface area contributed by atoms with Gasteiger partial charge in [-0.15, -0.1) is 0 Å². The van der Waals surface area contributed by atoms with Crippen LogP contribution in [-0.2, 0) is 9.59 Å². The number of nitrogens with one attached hydrogen (secondary N) is 1. The zero-order valence-corrected chi connectivity index (χ0v) is 10.3. The second kappa shape index (κ2) is 5.88. The van der Waals surface area contributed by atoms with E-state index in [-0.39, 0.29) is 23.9 Å². The summed E-state index contributed by atoms with van der Waals surface area (Å²) in [5.41, 5.74) is 0.0931. The molecule has 1 saturated heterocycles. The highest BCUT2D eigenvalue weighted by atomic mass is 19.1. The summed E-state index contributed by atoms with van der Waals surface area (Å²) in [5, 5.41) is 2.44. The van der Waals surface area contributed by atoms with Gasteiger partial charge in [-0.25, -0.2) is 8.78 Å². The van der Waals surface area contributed by atoms with Crippen LogP contribution in [0.15, 0.2) is 18.2 Å². The van der Waals surface area contributed by atoms with Crippen molar-refractivity contribution >= 4 is 17.4 Å². The fourth-order valence-electron chi connectivity index (χ4n) is 1.99. The number of hydrogen-bond acceptors (Lipinski definition) is 3. The molecule has 6 heteroatoms. The quantitative estimate of drug-likeness (QED) is 0.905. The molecule has 0 bridgehead atoms. The zero-order chi connectivity index (χ0) is 13.8. The molecule has 1 heterocycles. The number of nitrogens with zero attached hydrogens (tertiary/aromatic N) is 1. The van der Waals surface area contributed by atoms with E-state index in [0.717, 1.165) is 18.2 Å². The lowest BCUT2D eigenvalue weighted by Gasteiger charge is -2.24. The minimum absolute atomic E-state index is 0.0931. The van der Waals surface area contributed by atoms with Crippen molar-refractivity contribution in [3.05, 3.63) is 29.8 Å². The second-order valence-electron chi connectivity index (χ2n) is 4.52. The Balaban J connectivity index is 1.88. The molecule has 1 aliphatic heterocycles. The van der Waals surface area contributed by atoms with Gasteiger partial charge >= 0.3 is 0 Å². The summed E-state index contributed by atoms with van der Waals surface area (Å²) in [4.78, 5) is 24.6.